The molecule has 1 fully saturated rings. The number of pyridine rings is 1. The van der Waals surface area contributed by atoms with Crippen LogP contribution >= 0.6 is 11.8 Å². The summed E-state index contributed by atoms with van der Waals surface area (Å²) in [5.41, 5.74) is 3.62. The summed E-state index contributed by atoms with van der Waals surface area (Å²) in [6.07, 6.45) is 3.24. The fourth-order valence-electron chi connectivity index (χ4n) is 4.31. The number of carbonyl (C=O) groups excluding carboxylic acids is 2. The Labute approximate surface area is 205 Å². The third-order valence-corrected chi connectivity index (χ3v) is 7.17. The molecule has 2 aromatic heterocycles. The van der Waals surface area contributed by atoms with Crippen LogP contribution in [0.1, 0.15) is 51.8 Å². The summed E-state index contributed by atoms with van der Waals surface area (Å²) in [7, 11) is 1.78. The van der Waals surface area contributed by atoms with Gasteiger partial charge in [-0.05, 0) is 49.6 Å². The zero-order valence-electron chi connectivity index (χ0n) is 19.8. The normalized spacial score (nSPS) is 14.2. The third-order valence-electron chi connectivity index (χ3n) is 6.19. The molecule has 3 heterocycles. The first-order chi connectivity index (χ1) is 16.5. The zero-order valence-corrected chi connectivity index (χ0v) is 20.6. The second kappa shape index (κ2) is 11.4. The SMILES string of the molecule is Cc1ccc(C(=O)N(C)Cc2ccco2)c(C2CCN(C(=O)CSCc3ccccc3)CC2)n1. The number of benzene rings is 1. The largest absolute Gasteiger partial charge is 0.467 e. The predicted molar refractivity (Wildman–Crippen MR) is 135 cm³/mol. The van der Waals surface area contributed by atoms with Crippen molar-refractivity contribution in [2.24, 2.45) is 0 Å². The number of aryl methyl sites for hydroxylation is 1. The lowest BCUT2D eigenvalue weighted by atomic mass is 9.89. The fourth-order valence-corrected chi connectivity index (χ4v) is 5.19. The Kier molecular flexibility index (Phi) is 8.06. The van der Waals surface area contributed by atoms with Gasteiger partial charge in [0, 0.05) is 37.5 Å². The average molecular weight is 478 g/mol. The van der Waals surface area contributed by atoms with Gasteiger partial charge in [-0.25, -0.2) is 0 Å². The monoisotopic (exact) mass is 477 g/mol. The van der Waals surface area contributed by atoms with E-state index in [1.165, 1.54) is 5.56 Å². The number of piperidine rings is 1. The highest BCUT2D eigenvalue weighted by Crippen LogP contribution is 2.30. The molecular formula is C27H31N3O3S. The molecule has 1 saturated heterocycles. The van der Waals surface area contributed by atoms with E-state index < -0.39 is 0 Å². The van der Waals surface area contributed by atoms with Gasteiger partial charge in [-0.3, -0.25) is 14.6 Å². The molecule has 2 amide bonds. The summed E-state index contributed by atoms with van der Waals surface area (Å²) in [4.78, 5) is 34.3. The number of rotatable bonds is 8. The lowest BCUT2D eigenvalue weighted by Gasteiger charge is -2.32. The molecular weight excluding hydrogens is 446 g/mol. The zero-order chi connectivity index (χ0) is 23.9. The summed E-state index contributed by atoms with van der Waals surface area (Å²) in [5, 5.41) is 0. The summed E-state index contributed by atoms with van der Waals surface area (Å²) < 4.78 is 5.39. The Morgan fingerprint density at radius 1 is 1.09 bits per heavy atom. The van der Waals surface area contributed by atoms with E-state index in [4.69, 9.17) is 9.40 Å². The molecule has 7 heteroatoms. The molecule has 3 aromatic rings. The highest BCUT2D eigenvalue weighted by Gasteiger charge is 2.28. The molecule has 1 aromatic carbocycles. The van der Waals surface area contributed by atoms with Crippen molar-refractivity contribution in [1.29, 1.82) is 0 Å². The Morgan fingerprint density at radius 3 is 2.56 bits per heavy atom. The van der Waals surface area contributed by atoms with Crippen LogP contribution in [0, 0.1) is 6.92 Å². The number of nitrogens with zero attached hydrogens (tertiary/aromatic N) is 3. The fraction of sp³-hybridized carbons (Fsp3) is 0.370. The standard InChI is InChI=1S/C27H31N3O3S/c1-20-10-11-24(27(32)29(2)17-23-9-6-16-33-23)26(28-20)22-12-14-30(15-13-22)25(31)19-34-18-21-7-4-3-5-8-21/h3-11,16,22H,12-15,17-19H2,1-2H3. The van der Waals surface area contributed by atoms with Gasteiger partial charge >= 0.3 is 0 Å². The van der Waals surface area contributed by atoms with Crippen molar-refractivity contribution >= 4 is 23.6 Å². The molecule has 6 nitrogen and oxygen atoms in total. The molecule has 0 N–H and O–H groups in total. The number of thioether (sulfide) groups is 1. The number of hydrogen-bond donors (Lipinski definition) is 0. The number of hydrogen-bond acceptors (Lipinski definition) is 5. The van der Waals surface area contributed by atoms with Crippen molar-refractivity contribution in [1.82, 2.24) is 14.8 Å². The lowest BCUT2D eigenvalue weighted by Crippen LogP contribution is -2.39. The maximum Gasteiger partial charge on any atom is 0.255 e. The van der Waals surface area contributed by atoms with Gasteiger partial charge in [0.2, 0.25) is 5.91 Å². The molecule has 0 bridgehead atoms. The number of amides is 2. The summed E-state index contributed by atoms with van der Waals surface area (Å²) >= 11 is 1.66. The van der Waals surface area contributed by atoms with Crippen molar-refractivity contribution in [3.8, 4) is 0 Å². The third kappa shape index (κ3) is 6.08. The van der Waals surface area contributed by atoms with Crippen LogP contribution in [-0.2, 0) is 17.1 Å². The minimum absolute atomic E-state index is 0.0604. The van der Waals surface area contributed by atoms with Crippen LogP contribution in [0.25, 0.3) is 0 Å². The Hall–Kier alpha value is -3.06. The Morgan fingerprint density at radius 2 is 1.85 bits per heavy atom. The van der Waals surface area contributed by atoms with Crippen molar-refractivity contribution in [3.63, 3.8) is 0 Å². The first-order valence-electron chi connectivity index (χ1n) is 11.7. The van der Waals surface area contributed by atoms with Crippen LogP contribution < -0.4 is 0 Å². The highest BCUT2D eigenvalue weighted by atomic mass is 32.2. The quantitative estimate of drug-likeness (QED) is 0.462. The van der Waals surface area contributed by atoms with E-state index in [2.05, 4.69) is 12.1 Å². The van der Waals surface area contributed by atoms with Crippen LogP contribution in [0.5, 0.6) is 0 Å². The summed E-state index contributed by atoms with van der Waals surface area (Å²) in [6.45, 7) is 3.75. The molecule has 0 radical (unpaired) electrons. The van der Waals surface area contributed by atoms with E-state index in [0.717, 1.165) is 35.7 Å². The molecule has 1 aliphatic heterocycles. The van der Waals surface area contributed by atoms with Crippen LogP contribution in [-0.4, -0.2) is 52.5 Å². The van der Waals surface area contributed by atoms with E-state index >= 15 is 0 Å². The van der Waals surface area contributed by atoms with Gasteiger partial charge in [0.15, 0.2) is 0 Å². The molecule has 0 unspecified atom stereocenters. The van der Waals surface area contributed by atoms with Crippen molar-refractivity contribution < 1.29 is 14.0 Å². The van der Waals surface area contributed by atoms with E-state index in [9.17, 15) is 9.59 Å². The molecule has 1 aliphatic rings. The molecule has 178 valence electrons. The molecule has 0 aliphatic carbocycles. The van der Waals surface area contributed by atoms with Gasteiger partial charge in [0.25, 0.3) is 5.91 Å². The molecule has 4 rings (SSSR count). The molecule has 0 saturated carbocycles. The minimum Gasteiger partial charge on any atom is -0.467 e. The first-order valence-corrected chi connectivity index (χ1v) is 12.8. The second-order valence-electron chi connectivity index (χ2n) is 8.76. The van der Waals surface area contributed by atoms with Gasteiger partial charge in [-0.2, -0.15) is 0 Å². The van der Waals surface area contributed by atoms with Gasteiger partial charge in [0.05, 0.1) is 29.8 Å². The topological polar surface area (TPSA) is 66.7 Å². The minimum atomic E-state index is -0.0604. The number of likely N-dealkylation sites (tertiary alicyclic amines) is 1. The van der Waals surface area contributed by atoms with Crippen molar-refractivity contribution in [2.45, 2.75) is 38.0 Å². The van der Waals surface area contributed by atoms with Crippen LogP contribution in [0.15, 0.2) is 65.3 Å². The first kappa shape index (κ1) is 24.1. The van der Waals surface area contributed by atoms with Crippen LogP contribution in [0.4, 0.5) is 0 Å². The summed E-state index contributed by atoms with van der Waals surface area (Å²) in [6, 6.07) is 17.7. The van der Waals surface area contributed by atoms with E-state index in [1.54, 1.807) is 30.0 Å². The number of furan rings is 1. The second-order valence-corrected chi connectivity index (χ2v) is 9.75. The van der Waals surface area contributed by atoms with E-state index in [0.29, 0.717) is 31.0 Å². The number of aromatic nitrogens is 1. The number of carbonyl (C=O) groups is 2. The molecule has 34 heavy (non-hydrogen) atoms. The van der Waals surface area contributed by atoms with E-state index in [1.807, 2.05) is 54.3 Å². The van der Waals surface area contributed by atoms with Gasteiger partial charge in [-0.15, -0.1) is 11.8 Å². The van der Waals surface area contributed by atoms with Gasteiger partial charge in [0.1, 0.15) is 5.76 Å². The predicted octanol–water partition coefficient (Wildman–Crippen LogP) is 4.89. The maximum atomic E-state index is 13.2. The van der Waals surface area contributed by atoms with E-state index in [-0.39, 0.29) is 17.7 Å². The van der Waals surface area contributed by atoms with Crippen LogP contribution in [0.2, 0.25) is 0 Å². The van der Waals surface area contributed by atoms with Crippen molar-refractivity contribution in [2.75, 3.05) is 25.9 Å². The van der Waals surface area contributed by atoms with Crippen LogP contribution in [0.3, 0.4) is 0 Å². The lowest BCUT2D eigenvalue weighted by molar-refractivity contribution is -0.129. The molecule has 0 atom stereocenters. The van der Waals surface area contributed by atoms with Gasteiger partial charge < -0.3 is 14.2 Å². The smallest absolute Gasteiger partial charge is 0.255 e. The van der Waals surface area contributed by atoms with Crippen molar-refractivity contribution in [3.05, 3.63) is 89.1 Å². The Balaban J connectivity index is 1.34. The average Bonchev–Trinajstić information content (AvgIpc) is 3.37. The summed E-state index contributed by atoms with van der Waals surface area (Å²) in [5.74, 6) is 2.36. The maximum absolute atomic E-state index is 13.2. The Bertz CT molecular complexity index is 1090. The van der Waals surface area contributed by atoms with Gasteiger partial charge in [-0.1, -0.05) is 30.3 Å². The molecule has 0 spiro atoms. The highest BCUT2D eigenvalue weighted by molar-refractivity contribution is 7.99.